The number of phenols is 1. The van der Waals surface area contributed by atoms with Crippen LogP contribution in [0.2, 0.25) is 0 Å². The van der Waals surface area contributed by atoms with Crippen LogP contribution < -0.4 is 4.74 Å². The Kier molecular flexibility index (Phi) is 2.69. The van der Waals surface area contributed by atoms with Gasteiger partial charge in [0.1, 0.15) is 12.2 Å². The molecule has 1 aromatic rings. The Hall–Kier alpha value is -1.52. The van der Waals surface area contributed by atoms with E-state index in [1.807, 2.05) is 6.08 Å². The molecule has 1 aromatic carbocycles. The van der Waals surface area contributed by atoms with Gasteiger partial charge in [-0.1, -0.05) is 18.2 Å². The number of piperidine rings is 1. The average molecular weight is 339 g/mol. The molecule has 132 valence electrons. The largest absolute Gasteiger partial charge is 0.504 e. The standard InChI is InChI=1S/C21H25NO3/c1-11(12-2-3-12)22-9-8-21-14-5-7-17(24)20(21)25-19-16(23)6-4-13(18(19)21)10-15(14)22/h4-7,11-12,14-15,17,20,23-24H,2-3,8-10H2,1H3/t11-,14+,15-,17+,20+,21+/m1/s1. The highest BCUT2D eigenvalue weighted by Crippen LogP contribution is 2.63. The third-order valence-electron chi connectivity index (χ3n) is 7.74. The molecule has 3 aliphatic carbocycles. The maximum atomic E-state index is 10.6. The zero-order valence-corrected chi connectivity index (χ0v) is 14.6. The van der Waals surface area contributed by atoms with Crippen LogP contribution in [0.15, 0.2) is 24.3 Å². The Morgan fingerprint density at radius 3 is 2.92 bits per heavy atom. The third-order valence-corrected chi connectivity index (χ3v) is 7.74. The van der Waals surface area contributed by atoms with Gasteiger partial charge in [-0.3, -0.25) is 4.90 Å². The Labute approximate surface area is 148 Å². The van der Waals surface area contributed by atoms with Crippen LogP contribution in [0.3, 0.4) is 0 Å². The Morgan fingerprint density at radius 2 is 2.12 bits per heavy atom. The van der Waals surface area contributed by atoms with Gasteiger partial charge in [-0.2, -0.15) is 0 Å². The first-order valence-electron chi connectivity index (χ1n) is 9.75. The van der Waals surface area contributed by atoms with Crippen molar-refractivity contribution in [3.63, 3.8) is 0 Å². The SMILES string of the molecule is C[C@H](C1CC1)N1CC[C@]23c4c5ccc(O)c4O[C@H]2[C@@H](O)C=C[C@H]3[C@H]1C5. The van der Waals surface area contributed by atoms with Crippen molar-refractivity contribution in [2.45, 2.75) is 62.3 Å². The van der Waals surface area contributed by atoms with Crippen LogP contribution in [0.5, 0.6) is 11.5 Å². The van der Waals surface area contributed by atoms with Crippen LogP contribution in [0, 0.1) is 11.8 Å². The van der Waals surface area contributed by atoms with E-state index in [-0.39, 0.29) is 17.3 Å². The predicted molar refractivity (Wildman–Crippen MR) is 93.8 cm³/mol. The van der Waals surface area contributed by atoms with Gasteiger partial charge in [-0.15, -0.1) is 0 Å². The number of ether oxygens (including phenoxy) is 1. The first-order chi connectivity index (χ1) is 12.1. The molecule has 25 heavy (non-hydrogen) atoms. The van der Waals surface area contributed by atoms with Crippen molar-refractivity contribution in [1.29, 1.82) is 0 Å². The number of aliphatic hydroxyl groups is 1. The summed E-state index contributed by atoms with van der Waals surface area (Å²) in [6.07, 6.45) is 8.09. The summed E-state index contributed by atoms with van der Waals surface area (Å²) >= 11 is 0. The fraction of sp³-hybridized carbons (Fsp3) is 0.619. The van der Waals surface area contributed by atoms with Crippen molar-refractivity contribution in [2.24, 2.45) is 11.8 Å². The van der Waals surface area contributed by atoms with E-state index in [4.69, 9.17) is 4.74 Å². The number of nitrogens with zero attached hydrogens (tertiary/aromatic N) is 1. The van der Waals surface area contributed by atoms with Gasteiger partial charge in [0.15, 0.2) is 11.5 Å². The monoisotopic (exact) mass is 339 g/mol. The quantitative estimate of drug-likeness (QED) is 0.812. The molecule has 0 amide bonds. The van der Waals surface area contributed by atoms with Crippen molar-refractivity contribution in [2.75, 3.05) is 6.54 Å². The van der Waals surface area contributed by atoms with E-state index in [9.17, 15) is 10.2 Å². The van der Waals surface area contributed by atoms with Gasteiger partial charge in [-0.05, 0) is 56.7 Å². The zero-order valence-electron chi connectivity index (χ0n) is 14.6. The number of phenolic OH excluding ortho intramolecular Hbond substituents is 1. The molecule has 2 fully saturated rings. The number of benzene rings is 1. The Morgan fingerprint density at radius 1 is 1.28 bits per heavy atom. The lowest BCUT2D eigenvalue weighted by atomic mass is 9.53. The minimum absolute atomic E-state index is 0.166. The number of rotatable bonds is 2. The van der Waals surface area contributed by atoms with E-state index in [0.29, 0.717) is 23.8 Å². The highest BCUT2D eigenvalue weighted by Gasteiger charge is 2.65. The lowest BCUT2D eigenvalue weighted by molar-refractivity contribution is -0.0632. The Bertz CT molecular complexity index is 786. The molecule has 2 aliphatic heterocycles. The van der Waals surface area contributed by atoms with Gasteiger partial charge >= 0.3 is 0 Å². The summed E-state index contributed by atoms with van der Waals surface area (Å²) in [5.41, 5.74) is 2.34. The molecule has 0 radical (unpaired) electrons. The topological polar surface area (TPSA) is 52.9 Å². The van der Waals surface area contributed by atoms with Crippen molar-refractivity contribution < 1.29 is 14.9 Å². The molecule has 2 N–H and O–H groups in total. The molecular weight excluding hydrogens is 314 g/mol. The molecule has 0 aromatic heterocycles. The zero-order chi connectivity index (χ0) is 16.9. The predicted octanol–water partition coefficient (Wildman–Crippen LogP) is 2.37. The van der Waals surface area contributed by atoms with E-state index in [0.717, 1.165) is 25.3 Å². The van der Waals surface area contributed by atoms with E-state index < -0.39 is 6.10 Å². The molecule has 1 saturated heterocycles. The number of aromatic hydroxyl groups is 1. The molecule has 1 spiro atoms. The highest BCUT2D eigenvalue weighted by atomic mass is 16.5. The van der Waals surface area contributed by atoms with Crippen molar-refractivity contribution >= 4 is 0 Å². The van der Waals surface area contributed by atoms with Crippen LogP contribution in [-0.2, 0) is 11.8 Å². The fourth-order valence-corrected chi connectivity index (χ4v) is 6.44. The number of hydrogen-bond donors (Lipinski definition) is 2. The van der Waals surface area contributed by atoms with Crippen LogP contribution in [0.4, 0.5) is 0 Å². The second kappa shape index (κ2) is 4.60. The fourth-order valence-electron chi connectivity index (χ4n) is 6.44. The van der Waals surface area contributed by atoms with Crippen molar-refractivity contribution in [3.05, 3.63) is 35.4 Å². The maximum Gasteiger partial charge on any atom is 0.165 e. The van der Waals surface area contributed by atoms with E-state index in [1.165, 1.54) is 24.0 Å². The van der Waals surface area contributed by atoms with Gasteiger partial charge in [-0.25, -0.2) is 0 Å². The molecule has 2 heterocycles. The first kappa shape index (κ1) is 14.6. The van der Waals surface area contributed by atoms with E-state index in [1.54, 1.807) is 6.07 Å². The summed E-state index contributed by atoms with van der Waals surface area (Å²) in [5.74, 6) is 2.09. The second-order valence-electron chi connectivity index (χ2n) is 8.77. The van der Waals surface area contributed by atoms with Crippen LogP contribution in [0.25, 0.3) is 0 Å². The number of hydrogen-bond acceptors (Lipinski definition) is 4. The van der Waals surface area contributed by atoms with Gasteiger partial charge < -0.3 is 14.9 Å². The Balaban J connectivity index is 1.54. The molecule has 5 aliphatic rings. The summed E-state index contributed by atoms with van der Waals surface area (Å²) in [6, 6.07) is 4.97. The summed E-state index contributed by atoms with van der Waals surface area (Å²) in [4.78, 5) is 2.74. The third kappa shape index (κ3) is 1.65. The summed E-state index contributed by atoms with van der Waals surface area (Å²) in [7, 11) is 0. The van der Waals surface area contributed by atoms with Gasteiger partial charge in [0.2, 0.25) is 0 Å². The van der Waals surface area contributed by atoms with E-state index in [2.05, 4.69) is 24.0 Å². The summed E-state index contributed by atoms with van der Waals surface area (Å²) in [6.45, 7) is 3.46. The second-order valence-corrected chi connectivity index (χ2v) is 8.77. The molecule has 6 rings (SSSR count). The molecule has 6 atom stereocenters. The minimum atomic E-state index is -0.595. The average Bonchev–Trinajstić information content (AvgIpc) is 3.38. The van der Waals surface area contributed by atoms with Gasteiger partial charge in [0.05, 0.1) is 0 Å². The minimum Gasteiger partial charge on any atom is -0.504 e. The lowest BCUT2D eigenvalue weighted by Gasteiger charge is -2.58. The van der Waals surface area contributed by atoms with Gasteiger partial charge in [0, 0.05) is 29.0 Å². The molecule has 4 heteroatoms. The van der Waals surface area contributed by atoms with E-state index >= 15 is 0 Å². The number of aliphatic hydroxyl groups excluding tert-OH is 1. The lowest BCUT2D eigenvalue weighted by Crippen LogP contribution is -2.66. The molecule has 4 nitrogen and oxygen atoms in total. The smallest absolute Gasteiger partial charge is 0.165 e. The normalized spacial score (nSPS) is 42.0. The summed E-state index contributed by atoms with van der Waals surface area (Å²) < 4.78 is 6.21. The molecule has 0 unspecified atom stereocenters. The summed E-state index contributed by atoms with van der Waals surface area (Å²) in [5, 5.41) is 21.0. The molecule has 1 saturated carbocycles. The molecular formula is C21H25NO3. The molecule has 2 bridgehead atoms. The van der Waals surface area contributed by atoms with Crippen molar-refractivity contribution in [3.8, 4) is 11.5 Å². The van der Waals surface area contributed by atoms with Crippen LogP contribution >= 0.6 is 0 Å². The number of likely N-dealkylation sites (tertiary alicyclic amines) is 1. The first-order valence-corrected chi connectivity index (χ1v) is 9.75. The maximum absolute atomic E-state index is 10.6. The van der Waals surface area contributed by atoms with Crippen LogP contribution in [0.1, 0.15) is 37.3 Å². The van der Waals surface area contributed by atoms with Crippen LogP contribution in [-0.4, -0.2) is 45.9 Å². The highest BCUT2D eigenvalue weighted by molar-refractivity contribution is 5.61. The van der Waals surface area contributed by atoms with Crippen molar-refractivity contribution in [1.82, 2.24) is 4.90 Å². The van der Waals surface area contributed by atoms with Gasteiger partial charge in [0.25, 0.3) is 0 Å².